The molecule has 0 aromatic heterocycles. The van der Waals surface area contributed by atoms with E-state index in [9.17, 15) is 0 Å². The van der Waals surface area contributed by atoms with Crippen LogP contribution >= 0.6 is 0 Å². The lowest BCUT2D eigenvalue weighted by Gasteiger charge is -2.34. The molecule has 0 saturated heterocycles. The van der Waals surface area contributed by atoms with E-state index in [1.165, 1.54) is 5.56 Å². The van der Waals surface area contributed by atoms with Crippen molar-refractivity contribution in [2.24, 2.45) is 5.41 Å². The van der Waals surface area contributed by atoms with Gasteiger partial charge in [0.05, 0.1) is 6.61 Å². The second kappa shape index (κ2) is 6.79. The van der Waals surface area contributed by atoms with Gasteiger partial charge in [0.15, 0.2) is 0 Å². The van der Waals surface area contributed by atoms with E-state index in [0.717, 1.165) is 18.7 Å². The lowest BCUT2D eigenvalue weighted by molar-refractivity contribution is 0.236. The molecule has 2 heteroatoms. The van der Waals surface area contributed by atoms with Gasteiger partial charge in [0, 0.05) is 6.04 Å². The molecule has 102 valence electrons. The van der Waals surface area contributed by atoms with E-state index in [4.69, 9.17) is 4.74 Å². The third-order valence-electron chi connectivity index (χ3n) is 3.60. The molecule has 2 nitrogen and oxygen atoms in total. The molecular formula is C16H27NO. The first kappa shape index (κ1) is 15.0. The fraction of sp³-hybridized carbons (Fsp3) is 0.625. The minimum Gasteiger partial charge on any atom is -0.494 e. The Hall–Kier alpha value is -1.02. The van der Waals surface area contributed by atoms with Gasteiger partial charge < -0.3 is 10.1 Å². The number of hydrogen-bond acceptors (Lipinski definition) is 2. The first-order valence-corrected chi connectivity index (χ1v) is 7.01. The van der Waals surface area contributed by atoms with Crippen molar-refractivity contribution in [2.45, 2.75) is 47.1 Å². The van der Waals surface area contributed by atoms with Crippen molar-refractivity contribution in [3.8, 4) is 5.75 Å². The van der Waals surface area contributed by atoms with E-state index in [2.05, 4.69) is 51.2 Å². The molecular weight excluding hydrogens is 222 g/mol. The summed E-state index contributed by atoms with van der Waals surface area (Å²) in [5.41, 5.74) is 1.55. The molecule has 0 heterocycles. The van der Waals surface area contributed by atoms with Crippen molar-refractivity contribution in [1.82, 2.24) is 5.32 Å². The first-order valence-electron chi connectivity index (χ1n) is 7.01. The van der Waals surface area contributed by atoms with Gasteiger partial charge in [-0.3, -0.25) is 0 Å². The maximum absolute atomic E-state index is 5.59. The Morgan fingerprint density at radius 3 is 2.50 bits per heavy atom. The standard InChI is InChI=1S/C16H27NO/c1-6-16(4,5)15(17-7-2)13-10-9-11-14(12-13)18-8-3/h9-12,15,17H,6-8H2,1-5H3. The van der Waals surface area contributed by atoms with Gasteiger partial charge in [0.1, 0.15) is 5.75 Å². The van der Waals surface area contributed by atoms with Crippen LogP contribution in [0.5, 0.6) is 5.75 Å². The Morgan fingerprint density at radius 1 is 1.22 bits per heavy atom. The van der Waals surface area contributed by atoms with E-state index in [-0.39, 0.29) is 5.41 Å². The third-order valence-corrected chi connectivity index (χ3v) is 3.60. The molecule has 0 spiro atoms. The summed E-state index contributed by atoms with van der Waals surface area (Å²) in [5.74, 6) is 0.963. The van der Waals surface area contributed by atoms with E-state index in [0.29, 0.717) is 12.6 Å². The fourth-order valence-corrected chi connectivity index (χ4v) is 2.20. The lowest BCUT2D eigenvalue weighted by Crippen LogP contribution is -2.33. The highest BCUT2D eigenvalue weighted by Crippen LogP contribution is 2.37. The number of hydrogen-bond donors (Lipinski definition) is 1. The van der Waals surface area contributed by atoms with Gasteiger partial charge in [0.25, 0.3) is 0 Å². The van der Waals surface area contributed by atoms with Gasteiger partial charge in [0.2, 0.25) is 0 Å². The van der Waals surface area contributed by atoms with Crippen molar-refractivity contribution in [2.75, 3.05) is 13.2 Å². The van der Waals surface area contributed by atoms with Gasteiger partial charge in [-0.05, 0) is 43.0 Å². The van der Waals surface area contributed by atoms with E-state index in [1.807, 2.05) is 13.0 Å². The summed E-state index contributed by atoms with van der Waals surface area (Å²) in [6.45, 7) is 12.7. The zero-order chi connectivity index (χ0) is 13.6. The second-order valence-electron chi connectivity index (χ2n) is 5.34. The number of rotatable bonds is 7. The smallest absolute Gasteiger partial charge is 0.119 e. The third kappa shape index (κ3) is 3.74. The van der Waals surface area contributed by atoms with Crippen LogP contribution in [0.1, 0.15) is 52.6 Å². The molecule has 1 atom stereocenters. The summed E-state index contributed by atoms with van der Waals surface area (Å²) in [6, 6.07) is 8.82. The van der Waals surface area contributed by atoms with Crippen LogP contribution in [0, 0.1) is 5.41 Å². The van der Waals surface area contributed by atoms with Crippen molar-refractivity contribution >= 4 is 0 Å². The molecule has 1 unspecified atom stereocenters. The van der Waals surface area contributed by atoms with Crippen LogP contribution in [0.15, 0.2) is 24.3 Å². The average molecular weight is 249 g/mol. The highest BCUT2D eigenvalue weighted by molar-refractivity contribution is 5.31. The molecule has 1 aromatic carbocycles. The zero-order valence-electron chi connectivity index (χ0n) is 12.4. The molecule has 0 amide bonds. The van der Waals surface area contributed by atoms with Crippen molar-refractivity contribution in [3.05, 3.63) is 29.8 Å². The maximum atomic E-state index is 5.59. The predicted octanol–water partition coefficient (Wildman–Crippen LogP) is 4.17. The zero-order valence-corrected chi connectivity index (χ0v) is 12.4. The number of benzene rings is 1. The molecule has 0 radical (unpaired) electrons. The fourth-order valence-electron chi connectivity index (χ4n) is 2.20. The molecule has 0 saturated carbocycles. The van der Waals surface area contributed by atoms with Crippen LogP contribution < -0.4 is 10.1 Å². The average Bonchev–Trinajstić information content (AvgIpc) is 2.36. The topological polar surface area (TPSA) is 21.3 Å². The van der Waals surface area contributed by atoms with E-state index >= 15 is 0 Å². The van der Waals surface area contributed by atoms with Crippen molar-refractivity contribution < 1.29 is 4.74 Å². The molecule has 1 aromatic rings. The summed E-state index contributed by atoms with van der Waals surface area (Å²) < 4.78 is 5.59. The molecule has 0 aliphatic carbocycles. The second-order valence-corrected chi connectivity index (χ2v) is 5.34. The predicted molar refractivity (Wildman–Crippen MR) is 78.1 cm³/mol. The Labute approximate surface area is 112 Å². The van der Waals surface area contributed by atoms with Crippen LogP contribution in [0.3, 0.4) is 0 Å². The SMILES string of the molecule is CCNC(c1cccc(OCC)c1)C(C)(C)CC. The monoisotopic (exact) mass is 249 g/mol. The van der Waals surface area contributed by atoms with Crippen LogP contribution in [0.4, 0.5) is 0 Å². The molecule has 0 fully saturated rings. The Morgan fingerprint density at radius 2 is 1.94 bits per heavy atom. The largest absolute Gasteiger partial charge is 0.494 e. The molecule has 0 aliphatic heterocycles. The van der Waals surface area contributed by atoms with Crippen molar-refractivity contribution in [1.29, 1.82) is 0 Å². The normalized spacial score (nSPS) is 13.4. The quantitative estimate of drug-likeness (QED) is 0.783. The minimum atomic E-state index is 0.237. The summed E-state index contributed by atoms with van der Waals surface area (Å²) in [6.07, 6.45) is 1.14. The molecule has 0 bridgehead atoms. The van der Waals surface area contributed by atoms with Gasteiger partial charge >= 0.3 is 0 Å². The van der Waals surface area contributed by atoms with E-state index < -0.39 is 0 Å². The van der Waals surface area contributed by atoms with Gasteiger partial charge in [-0.1, -0.05) is 39.8 Å². The maximum Gasteiger partial charge on any atom is 0.119 e. The molecule has 0 aliphatic rings. The van der Waals surface area contributed by atoms with Gasteiger partial charge in [-0.25, -0.2) is 0 Å². The summed E-state index contributed by atoms with van der Waals surface area (Å²) in [7, 11) is 0. The van der Waals surface area contributed by atoms with Crippen molar-refractivity contribution in [3.63, 3.8) is 0 Å². The minimum absolute atomic E-state index is 0.237. The van der Waals surface area contributed by atoms with Crippen LogP contribution in [0.2, 0.25) is 0 Å². The summed E-state index contributed by atoms with van der Waals surface area (Å²) in [5, 5.41) is 3.60. The number of ether oxygens (including phenoxy) is 1. The molecule has 1 rings (SSSR count). The summed E-state index contributed by atoms with van der Waals surface area (Å²) >= 11 is 0. The molecule has 1 N–H and O–H groups in total. The van der Waals surface area contributed by atoms with Crippen LogP contribution in [0.25, 0.3) is 0 Å². The Balaban J connectivity index is 3.01. The highest BCUT2D eigenvalue weighted by Gasteiger charge is 2.28. The Bertz CT molecular complexity index is 360. The summed E-state index contributed by atoms with van der Waals surface area (Å²) in [4.78, 5) is 0. The lowest BCUT2D eigenvalue weighted by atomic mass is 9.78. The van der Waals surface area contributed by atoms with Gasteiger partial charge in [-0.2, -0.15) is 0 Å². The number of nitrogens with one attached hydrogen (secondary N) is 1. The van der Waals surface area contributed by atoms with Gasteiger partial charge in [-0.15, -0.1) is 0 Å². The molecule has 18 heavy (non-hydrogen) atoms. The van der Waals surface area contributed by atoms with Crippen LogP contribution in [-0.4, -0.2) is 13.2 Å². The Kier molecular flexibility index (Phi) is 5.67. The highest BCUT2D eigenvalue weighted by atomic mass is 16.5. The first-order chi connectivity index (χ1) is 8.55. The van der Waals surface area contributed by atoms with Crippen LogP contribution in [-0.2, 0) is 0 Å². The van der Waals surface area contributed by atoms with E-state index in [1.54, 1.807) is 0 Å².